The summed E-state index contributed by atoms with van der Waals surface area (Å²) in [6.07, 6.45) is 2.92. The highest BCUT2D eigenvalue weighted by Crippen LogP contribution is 2.39. The number of rotatable bonds is 7. The Bertz CT molecular complexity index is 1090. The molecule has 9 heteroatoms. The van der Waals surface area contributed by atoms with Crippen molar-refractivity contribution in [3.8, 4) is 0 Å². The summed E-state index contributed by atoms with van der Waals surface area (Å²) in [6.45, 7) is 6.06. The first-order valence-electron chi connectivity index (χ1n) is 10.4. The maximum atomic E-state index is 13.0. The number of amides is 2. The number of methoxy groups -OCH3 is 1. The highest BCUT2D eigenvalue weighted by molar-refractivity contribution is 7.20. The standard InChI is InChI=1S/C22H27N5O3S/c1-13-17(14(2)26-25-13)11-18(28)27-9-6-15(12-27)19-16-5-4-7-24-22(16)31-20(19)21(29)23-8-10-30-3/h4-5,7,15H,6,8-12H2,1-3H3,(H,23,29)(H,25,26). The number of carbonyl (C=O) groups is 2. The van der Waals surface area contributed by atoms with Crippen LogP contribution in [0.5, 0.6) is 0 Å². The van der Waals surface area contributed by atoms with E-state index in [0.717, 1.165) is 39.2 Å². The minimum atomic E-state index is -0.107. The maximum absolute atomic E-state index is 13.0. The van der Waals surface area contributed by atoms with Gasteiger partial charge in [-0.2, -0.15) is 5.10 Å². The number of likely N-dealkylation sites (tertiary alicyclic amines) is 1. The number of fused-ring (bicyclic) bond motifs is 1. The van der Waals surface area contributed by atoms with Crippen molar-refractivity contribution in [2.24, 2.45) is 0 Å². The zero-order valence-electron chi connectivity index (χ0n) is 18.0. The van der Waals surface area contributed by atoms with E-state index < -0.39 is 0 Å². The van der Waals surface area contributed by atoms with Crippen LogP contribution >= 0.6 is 11.3 Å². The lowest BCUT2D eigenvalue weighted by Crippen LogP contribution is -2.30. The molecule has 0 bridgehead atoms. The van der Waals surface area contributed by atoms with Gasteiger partial charge in [-0.15, -0.1) is 11.3 Å². The van der Waals surface area contributed by atoms with Crippen LogP contribution in [0, 0.1) is 13.8 Å². The second-order valence-electron chi connectivity index (χ2n) is 7.86. The quantitative estimate of drug-likeness (QED) is 0.549. The minimum Gasteiger partial charge on any atom is -0.383 e. The first kappa shape index (κ1) is 21.5. The van der Waals surface area contributed by atoms with Crippen molar-refractivity contribution in [3.63, 3.8) is 0 Å². The van der Waals surface area contributed by atoms with Crippen LogP contribution in [0.3, 0.4) is 0 Å². The average Bonchev–Trinajstić information content (AvgIpc) is 3.47. The van der Waals surface area contributed by atoms with Gasteiger partial charge in [-0.1, -0.05) is 6.07 Å². The predicted octanol–water partition coefficient (Wildman–Crippen LogP) is 2.57. The molecular weight excluding hydrogens is 414 g/mol. The van der Waals surface area contributed by atoms with Gasteiger partial charge < -0.3 is 15.0 Å². The maximum Gasteiger partial charge on any atom is 0.261 e. The number of H-pyrrole nitrogens is 1. The topological polar surface area (TPSA) is 100 Å². The van der Waals surface area contributed by atoms with E-state index in [1.54, 1.807) is 13.3 Å². The van der Waals surface area contributed by atoms with Crippen molar-refractivity contribution >= 4 is 33.4 Å². The molecule has 1 aliphatic heterocycles. The molecule has 0 aliphatic carbocycles. The van der Waals surface area contributed by atoms with Gasteiger partial charge in [0.15, 0.2) is 0 Å². The number of hydrogen-bond donors (Lipinski definition) is 2. The molecule has 8 nitrogen and oxygen atoms in total. The molecule has 0 saturated carbocycles. The van der Waals surface area contributed by atoms with E-state index in [0.29, 0.717) is 37.5 Å². The molecule has 1 unspecified atom stereocenters. The first-order valence-corrected chi connectivity index (χ1v) is 11.2. The van der Waals surface area contributed by atoms with E-state index in [4.69, 9.17) is 4.74 Å². The molecule has 4 heterocycles. The van der Waals surface area contributed by atoms with Gasteiger partial charge in [0.25, 0.3) is 5.91 Å². The van der Waals surface area contributed by atoms with Crippen LogP contribution in [-0.2, 0) is 16.0 Å². The first-order chi connectivity index (χ1) is 15.0. The van der Waals surface area contributed by atoms with Crippen LogP contribution in [0.15, 0.2) is 18.3 Å². The molecule has 164 valence electrons. The van der Waals surface area contributed by atoms with E-state index in [2.05, 4.69) is 20.5 Å². The zero-order valence-corrected chi connectivity index (χ0v) is 18.8. The molecule has 0 aromatic carbocycles. The van der Waals surface area contributed by atoms with E-state index >= 15 is 0 Å². The van der Waals surface area contributed by atoms with Crippen molar-refractivity contribution in [3.05, 3.63) is 45.7 Å². The zero-order chi connectivity index (χ0) is 22.0. The molecule has 3 aromatic heterocycles. The molecular formula is C22H27N5O3S. The number of carbonyl (C=O) groups excluding carboxylic acids is 2. The summed E-state index contributed by atoms with van der Waals surface area (Å²) in [5, 5.41) is 11.1. The molecule has 3 aromatic rings. The molecule has 2 amide bonds. The summed E-state index contributed by atoms with van der Waals surface area (Å²) in [5.41, 5.74) is 3.78. The Balaban J connectivity index is 1.55. The number of nitrogens with one attached hydrogen (secondary N) is 2. The Morgan fingerprint density at radius 2 is 2.23 bits per heavy atom. The van der Waals surface area contributed by atoms with Crippen LogP contribution in [0.1, 0.15) is 44.5 Å². The Kier molecular flexibility index (Phi) is 6.33. The highest BCUT2D eigenvalue weighted by atomic mass is 32.1. The van der Waals surface area contributed by atoms with Crippen LogP contribution in [0.2, 0.25) is 0 Å². The number of nitrogens with zero attached hydrogens (tertiary/aromatic N) is 3. The second-order valence-corrected chi connectivity index (χ2v) is 8.86. The molecule has 1 aliphatic rings. The molecule has 1 atom stereocenters. The number of hydrogen-bond acceptors (Lipinski definition) is 6. The Morgan fingerprint density at radius 3 is 2.97 bits per heavy atom. The van der Waals surface area contributed by atoms with E-state index in [1.807, 2.05) is 30.9 Å². The largest absolute Gasteiger partial charge is 0.383 e. The summed E-state index contributed by atoms with van der Waals surface area (Å²) in [6, 6.07) is 3.91. The number of pyridine rings is 1. The molecule has 1 fully saturated rings. The third kappa shape index (κ3) is 4.33. The molecule has 1 saturated heterocycles. The van der Waals surface area contributed by atoms with Crippen molar-refractivity contribution in [1.82, 2.24) is 25.4 Å². The van der Waals surface area contributed by atoms with Gasteiger partial charge in [-0.3, -0.25) is 14.7 Å². The molecule has 0 spiro atoms. The van der Waals surface area contributed by atoms with Crippen LogP contribution in [0.4, 0.5) is 0 Å². The smallest absolute Gasteiger partial charge is 0.261 e. The van der Waals surface area contributed by atoms with Crippen molar-refractivity contribution < 1.29 is 14.3 Å². The molecule has 31 heavy (non-hydrogen) atoms. The Morgan fingerprint density at radius 1 is 1.39 bits per heavy atom. The normalized spacial score (nSPS) is 16.2. The van der Waals surface area contributed by atoms with Gasteiger partial charge in [0.2, 0.25) is 5.91 Å². The fraction of sp³-hybridized carbons (Fsp3) is 0.455. The van der Waals surface area contributed by atoms with Crippen molar-refractivity contribution in [2.75, 3.05) is 33.4 Å². The number of aromatic amines is 1. The van der Waals surface area contributed by atoms with E-state index in [-0.39, 0.29) is 17.7 Å². The van der Waals surface area contributed by atoms with Crippen LogP contribution in [-0.4, -0.2) is 65.2 Å². The van der Waals surface area contributed by atoms with Crippen molar-refractivity contribution in [1.29, 1.82) is 0 Å². The predicted molar refractivity (Wildman–Crippen MR) is 120 cm³/mol. The lowest BCUT2D eigenvalue weighted by atomic mass is 9.95. The Hall–Kier alpha value is -2.78. The van der Waals surface area contributed by atoms with E-state index in [1.165, 1.54) is 11.3 Å². The van der Waals surface area contributed by atoms with Gasteiger partial charge >= 0.3 is 0 Å². The summed E-state index contributed by atoms with van der Waals surface area (Å²) in [7, 11) is 1.61. The fourth-order valence-corrected chi connectivity index (χ4v) is 5.34. The van der Waals surface area contributed by atoms with Crippen LogP contribution < -0.4 is 5.32 Å². The number of ether oxygens (including phenoxy) is 1. The third-order valence-corrected chi connectivity index (χ3v) is 6.99. The van der Waals surface area contributed by atoms with Crippen molar-refractivity contribution in [2.45, 2.75) is 32.6 Å². The van der Waals surface area contributed by atoms with Gasteiger partial charge in [-0.25, -0.2) is 4.98 Å². The summed E-state index contributed by atoms with van der Waals surface area (Å²) >= 11 is 1.41. The summed E-state index contributed by atoms with van der Waals surface area (Å²) in [4.78, 5) is 33.8. The third-order valence-electron chi connectivity index (χ3n) is 5.86. The van der Waals surface area contributed by atoms with Crippen LogP contribution in [0.25, 0.3) is 10.2 Å². The van der Waals surface area contributed by atoms with Gasteiger partial charge in [-0.05, 0) is 31.9 Å². The monoisotopic (exact) mass is 441 g/mol. The number of thiophene rings is 1. The van der Waals surface area contributed by atoms with Gasteiger partial charge in [0, 0.05) is 55.5 Å². The molecule has 0 radical (unpaired) electrons. The summed E-state index contributed by atoms with van der Waals surface area (Å²) in [5.74, 6) is 0.0972. The summed E-state index contributed by atoms with van der Waals surface area (Å²) < 4.78 is 5.04. The van der Waals surface area contributed by atoms with E-state index in [9.17, 15) is 9.59 Å². The Labute approximate surface area is 185 Å². The van der Waals surface area contributed by atoms with Gasteiger partial charge in [0.05, 0.1) is 23.6 Å². The molecule has 4 rings (SSSR count). The SMILES string of the molecule is COCCNC(=O)c1sc2ncccc2c1C1CCN(C(=O)Cc2c(C)n[nH]c2C)C1. The average molecular weight is 442 g/mol. The lowest BCUT2D eigenvalue weighted by Gasteiger charge is -2.17. The fourth-order valence-electron chi connectivity index (χ4n) is 4.19. The molecule has 2 N–H and O–H groups in total. The lowest BCUT2D eigenvalue weighted by molar-refractivity contribution is -0.129. The second kappa shape index (κ2) is 9.15. The number of aromatic nitrogens is 3. The van der Waals surface area contributed by atoms with Gasteiger partial charge in [0.1, 0.15) is 4.83 Å². The minimum absolute atomic E-state index is 0.0962. The highest BCUT2D eigenvalue weighted by Gasteiger charge is 2.33. The number of aryl methyl sites for hydroxylation is 2.